The molecule has 2 nitrogen and oxygen atoms in total. The van der Waals surface area contributed by atoms with Crippen molar-refractivity contribution in [2.45, 2.75) is 38.5 Å². The maximum atomic E-state index is 2.48. The van der Waals surface area contributed by atoms with Gasteiger partial charge in [-0.1, -0.05) is 149 Å². The van der Waals surface area contributed by atoms with E-state index in [2.05, 4.69) is 219 Å². The van der Waals surface area contributed by atoms with Crippen LogP contribution in [-0.4, -0.2) is 0 Å². The number of rotatable bonds is 6. The number of nitrogens with zero attached hydrogens (tertiary/aromatic N) is 2. The van der Waals surface area contributed by atoms with Crippen LogP contribution in [0.1, 0.15) is 49.9 Å². The van der Waals surface area contributed by atoms with Crippen LogP contribution < -0.4 is 9.80 Å². The van der Waals surface area contributed by atoms with Crippen LogP contribution in [0.25, 0.3) is 33.0 Å². The molecule has 2 aliphatic carbocycles. The third-order valence-corrected chi connectivity index (χ3v) is 12.0. The van der Waals surface area contributed by atoms with Gasteiger partial charge in [-0.15, -0.1) is 0 Å². The summed E-state index contributed by atoms with van der Waals surface area (Å²) in [7, 11) is 0. The Morgan fingerprint density at radius 3 is 1.43 bits per heavy atom. The summed E-state index contributed by atoms with van der Waals surface area (Å²) in [6, 6.07) is 66.9. The van der Waals surface area contributed by atoms with Crippen molar-refractivity contribution in [3.8, 4) is 22.3 Å². The second-order valence-corrected chi connectivity index (χ2v) is 15.8. The first-order valence-electron chi connectivity index (χ1n) is 19.0. The number of benzene rings is 8. The Morgan fingerprint density at radius 1 is 0.352 bits per heavy atom. The molecule has 0 fully saturated rings. The molecule has 0 atom stereocenters. The minimum atomic E-state index is -0.182. The highest BCUT2D eigenvalue weighted by atomic mass is 15.2. The Morgan fingerprint density at radius 2 is 0.833 bits per heavy atom. The van der Waals surface area contributed by atoms with E-state index in [1.165, 1.54) is 66.7 Å². The van der Waals surface area contributed by atoms with E-state index in [9.17, 15) is 0 Å². The van der Waals surface area contributed by atoms with Crippen LogP contribution in [0, 0.1) is 0 Å². The van der Waals surface area contributed by atoms with E-state index in [1.54, 1.807) is 0 Å². The lowest BCUT2D eigenvalue weighted by atomic mass is 9.81. The van der Waals surface area contributed by atoms with Gasteiger partial charge < -0.3 is 9.80 Å². The van der Waals surface area contributed by atoms with Crippen molar-refractivity contribution in [2.75, 3.05) is 9.80 Å². The molecule has 0 N–H and O–H groups in total. The summed E-state index contributed by atoms with van der Waals surface area (Å²) in [6.45, 7) is 9.49. The second-order valence-electron chi connectivity index (χ2n) is 15.8. The molecular weight excluding hydrogens is 653 g/mol. The molecule has 2 aliphatic rings. The van der Waals surface area contributed by atoms with Gasteiger partial charge in [0.05, 0.1) is 11.4 Å². The van der Waals surface area contributed by atoms with Gasteiger partial charge >= 0.3 is 0 Å². The zero-order valence-corrected chi connectivity index (χ0v) is 31.2. The predicted molar refractivity (Wildman–Crippen MR) is 228 cm³/mol. The molecule has 0 spiro atoms. The van der Waals surface area contributed by atoms with Crippen molar-refractivity contribution >= 4 is 44.9 Å². The van der Waals surface area contributed by atoms with E-state index in [1.807, 2.05) is 0 Å². The van der Waals surface area contributed by atoms with Crippen LogP contribution in [-0.2, 0) is 10.8 Å². The Bertz CT molecular complexity index is 2670. The summed E-state index contributed by atoms with van der Waals surface area (Å²) in [5, 5.41) is 2.43. The lowest BCUT2D eigenvalue weighted by Gasteiger charge is -2.32. The smallest absolute Gasteiger partial charge is 0.0621 e. The molecule has 0 aliphatic heterocycles. The fourth-order valence-electron chi connectivity index (χ4n) is 9.39. The van der Waals surface area contributed by atoms with Gasteiger partial charge in [-0.2, -0.15) is 0 Å². The molecule has 8 aromatic carbocycles. The van der Waals surface area contributed by atoms with Crippen LogP contribution in [0.2, 0.25) is 0 Å². The van der Waals surface area contributed by atoms with Crippen LogP contribution in [0.3, 0.4) is 0 Å². The SMILES string of the molecule is CC1(C)c2ccccc2-c2c(N(c3ccccc3)c3ccc4c(N(c5ccccc5)c5ccccc5)c5c(cc4c3)C(C)(C)c3ccccc3-5)cccc21. The highest BCUT2D eigenvalue weighted by Gasteiger charge is 2.40. The summed E-state index contributed by atoms with van der Waals surface area (Å²) in [6.07, 6.45) is 0. The lowest BCUT2D eigenvalue weighted by Crippen LogP contribution is -2.17. The minimum Gasteiger partial charge on any atom is -0.310 e. The lowest BCUT2D eigenvalue weighted by molar-refractivity contribution is 0.660. The van der Waals surface area contributed by atoms with Crippen LogP contribution in [0.15, 0.2) is 182 Å². The van der Waals surface area contributed by atoms with Gasteiger partial charge in [0.15, 0.2) is 0 Å². The van der Waals surface area contributed by atoms with Crippen molar-refractivity contribution in [1.82, 2.24) is 0 Å². The van der Waals surface area contributed by atoms with E-state index in [0.717, 1.165) is 22.7 Å². The quantitative estimate of drug-likeness (QED) is 0.171. The molecule has 0 aromatic heterocycles. The number of anilines is 6. The number of para-hydroxylation sites is 3. The molecule has 0 radical (unpaired) electrons. The molecule has 2 heteroatoms. The van der Waals surface area contributed by atoms with Crippen LogP contribution >= 0.6 is 0 Å². The molecule has 260 valence electrons. The first-order chi connectivity index (χ1) is 26.3. The Kier molecular flexibility index (Phi) is 7.22. The first-order valence-corrected chi connectivity index (χ1v) is 19.0. The van der Waals surface area contributed by atoms with Crippen molar-refractivity contribution < 1.29 is 0 Å². The largest absolute Gasteiger partial charge is 0.310 e. The van der Waals surface area contributed by atoms with Gasteiger partial charge in [-0.05, 0) is 99.4 Å². The highest BCUT2D eigenvalue weighted by Crippen LogP contribution is 2.58. The van der Waals surface area contributed by atoms with Gasteiger partial charge in [-0.3, -0.25) is 0 Å². The predicted octanol–water partition coefficient (Wildman–Crippen LogP) is 14.4. The average molecular weight is 695 g/mol. The van der Waals surface area contributed by atoms with E-state index < -0.39 is 0 Å². The highest BCUT2D eigenvalue weighted by molar-refractivity contribution is 6.11. The molecule has 0 heterocycles. The summed E-state index contributed by atoms with van der Waals surface area (Å²) < 4.78 is 0. The first kappa shape index (κ1) is 32.3. The summed E-state index contributed by atoms with van der Waals surface area (Å²) in [5.74, 6) is 0. The Balaban J connectivity index is 1.27. The van der Waals surface area contributed by atoms with Crippen molar-refractivity contribution in [3.63, 3.8) is 0 Å². The molecule has 54 heavy (non-hydrogen) atoms. The van der Waals surface area contributed by atoms with E-state index >= 15 is 0 Å². The zero-order valence-electron chi connectivity index (χ0n) is 31.2. The maximum Gasteiger partial charge on any atom is 0.0621 e. The molecule has 0 saturated carbocycles. The summed E-state index contributed by atoms with van der Waals surface area (Å²) in [4.78, 5) is 4.94. The molecule has 0 unspecified atom stereocenters. The summed E-state index contributed by atoms with van der Waals surface area (Å²) >= 11 is 0. The molecule has 10 rings (SSSR count). The number of hydrogen-bond acceptors (Lipinski definition) is 2. The van der Waals surface area contributed by atoms with Crippen molar-refractivity contribution in [1.29, 1.82) is 0 Å². The van der Waals surface area contributed by atoms with E-state index in [4.69, 9.17) is 0 Å². The number of hydrogen-bond donors (Lipinski definition) is 0. The van der Waals surface area contributed by atoms with E-state index in [-0.39, 0.29) is 10.8 Å². The minimum absolute atomic E-state index is 0.0952. The molecular formula is C52H42N2. The van der Waals surface area contributed by atoms with Crippen LogP contribution in [0.5, 0.6) is 0 Å². The monoisotopic (exact) mass is 694 g/mol. The normalized spacial score (nSPS) is 14.2. The van der Waals surface area contributed by atoms with Crippen LogP contribution in [0.4, 0.5) is 34.1 Å². The molecule has 8 aromatic rings. The third kappa shape index (κ3) is 4.73. The Labute approximate surface area is 318 Å². The van der Waals surface area contributed by atoms with Crippen molar-refractivity contribution in [3.05, 3.63) is 204 Å². The summed E-state index contributed by atoms with van der Waals surface area (Å²) in [5.41, 5.74) is 17.4. The third-order valence-electron chi connectivity index (χ3n) is 12.0. The number of fused-ring (bicyclic) bond motifs is 7. The van der Waals surface area contributed by atoms with Gasteiger partial charge in [-0.25, -0.2) is 0 Å². The molecule has 0 amide bonds. The molecule has 0 bridgehead atoms. The zero-order chi connectivity index (χ0) is 36.6. The topological polar surface area (TPSA) is 6.48 Å². The molecule has 0 saturated heterocycles. The standard InChI is InChI=1S/C52H42N2/c1-51(2)43-27-16-14-25-41(43)48-45(51)29-18-30-47(48)53(36-19-8-5-9-20-36)39-31-32-40-35(33-39)34-46-49(42-26-15-17-28-44(42)52(46,3)4)50(40)54(37-21-10-6-11-22-37)38-23-12-7-13-24-38/h5-34H,1-4H3. The van der Waals surface area contributed by atoms with Gasteiger partial charge in [0.1, 0.15) is 0 Å². The van der Waals surface area contributed by atoms with Gasteiger partial charge in [0, 0.05) is 50.1 Å². The second kappa shape index (κ2) is 12.1. The fraction of sp³-hybridized carbons (Fsp3) is 0.115. The fourth-order valence-corrected chi connectivity index (χ4v) is 9.39. The van der Waals surface area contributed by atoms with Gasteiger partial charge in [0.25, 0.3) is 0 Å². The van der Waals surface area contributed by atoms with Crippen molar-refractivity contribution in [2.24, 2.45) is 0 Å². The maximum absolute atomic E-state index is 2.48. The van der Waals surface area contributed by atoms with Gasteiger partial charge in [0.2, 0.25) is 0 Å². The average Bonchev–Trinajstić information content (AvgIpc) is 3.59. The Hall–Kier alpha value is -6.38. The van der Waals surface area contributed by atoms with E-state index in [0.29, 0.717) is 0 Å².